The molecule has 0 spiro atoms. The van der Waals surface area contributed by atoms with Crippen molar-refractivity contribution in [1.82, 2.24) is 5.32 Å². The average Bonchev–Trinajstić information content (AvgIpc) is 2.97. The van der Waals surface area contributed by atoms with Gasteiger partial charge in [-0.2, -0.15) is 0 Å². The Bertz CT molecular complexity index is 731. The van der Waals surface area contributed by atoms with Crippen LogP contribution in [0.2, 0.25) is 0 Å². The third kappa shape index (κ3) is 7.86. The van der Waals surface area contributed by atoms with Crippen LogP contribution < -0.4 is 14.8 Å². The highest BCUT2D eigenvalue weighted by atomic mass is 32.2. The molecule has 1 aliphatic rings. The number of hydrogen-bond acceptors (Lipinski definition) is 7. The van der Waals surface area contributed by atoms with Crippen molar-refractivity contribution in [3.8, 4) is 11.5 Å². The Kier molecular flexibility index (Phi) is 7.90. The Morgan fingerprint density at radius 2 is 1.81 bits per heavy atom. The minimum absolute atomic E-state index is 0.0111. The van der Waals surface area contributed by atoms with Gasteiger partial charge in [-0.3, -0.25) is 9.59 Å². The van der Waals surface area contributed by atoms with Crippen molar-refractivity contribution in [2.75, 3.05) is 37.9 Å². The van der Waals surface area contributed by atoms with E-state index in [0.29, 0.717) is 18.8 Å². The molecule has 0 unspecified atom stereocenters. The Labute approximate surface area is 159 Å². The van der Waals surface area contributed by atoms with Crippen molar-refractivity contribution < 1.29 is 32.2 Å². The Hall–Kier alpha value is -2.29. The van der Waals surface area contributed by atoms with Gasteiger partial charge in [-0.15, -0.1) is 0 Å². The normalized spacial score (nSPS) is 17.9. The summed E-state index contributed by atoms with van der Waals surface area (Å²) < 4.78 is 38.4. The van der Waals surface area contributed by atoms with Crippen LogP contribution in [0.25, 0.3) is 0 Å². The first kappa shape index (κ1) is 21.0. The molecule has 0 radical (unpaired) electrons. The lowest BCUT2D eigenvalue weighted by Gasteiger charge is -2.10. The molecule has 0 aliphatic carbocycles. The molecule has 1 aliphatic heterocycles. The standard InChI is InChI=1S/C18H25NO7S/c1-2-24-15-3-5-16(6-4-15)25-9-8-19-17(20)12-26-18(21)11-14-7-10-27(22,23)13-14/h3-6,14H,2,7-13H2,1H3,(H,19,20)/t14-/m1/s1. The molecule has 0 saturated carbocycles. The van der Waals surface area contributed by atoms with Gasteiger partial charge in [0.15, 0.2) is 16.4 Å². The van der Waals surface area contributed by atoms with Crippen LogP contribution >= 0.6 is 0 Å². The molecule has 150 valence electrons. The van der Waals surface area contributed by atoms with Gasteiger partial charge >= 0.3 is 5.97 Å². The average molecular weight is 399 g/mol. The number of esters is 1. The fourth-order valence-corrected chi connectivity index (χ4v) is 4.54. The quantitative estimate of drug-likeness (QED) is 0.461. The summed E-state index contributed by atoms with van der Waals surface area (Å²) >= 11 is 0. The summed E-state index contributed by atoms with van der Waals surface area (Å²) in [4.78, 5) is 23.3. The highest BCUT2D eigenvalue weighted by molar-refractivity contribution is 7.91. The SMILES string of the molecule is CCOc1ccc(OCCNC(=O)COC(=O)C[C@H]2CCS(=O)(=O)C2)cc1. The van der Waals surface area contributed by atoms with Gasteiger partial charge in [-0.1, -0.05) is 0 Å². The number of ether oxygens (including phenoxy) is 3. The Balaban J connectivity index is 1.56. The molecule has 27 heavy (non-hydrogen) atoms. The predicted octanol–water partition coefficient (Wildman–Crippen LogP) is 0.948. The van der Waals surface area contributed by atoms with E-state index in [2.05, 4.69) is 5.32 Å². The maximum Gasteiger partial charge on any atom is 0.306 e. The molecule has 1 N–H and O–H groups in total. The summed E-state index contributed by atoms with van der Waals surface area (Å²) in [5.41, 5.74) is 0. The minimum atomic E-state index is -3.02. The fraction of sp³-hybridized carbons (Fsp3) is 0.556. The van der Waals surface area contributed by atoms with Crippen LogP contribution in [-0.4, -0.2) is 58.2 Å². The first-order valence-corrected chi connectivity index (χ1v) is 10.7. The molecule has 0 aromatic heterocycles. The summed E-state index contributed by atoms with van der Waals surface area (Å²) in [5.74, 6) is 0.334. The van der Waals surface area contributed by atoms with E-state index in [9.17, 15) is 18.0 Å². The molecular weight excluding hydrogens is 374 g/mol. The van der Waals surface area contributed by atoms with Gasteiger partial charge in [0, 0.05) is 6.42 Å². The van der Waals surface area contributed by atoms with E-state index >= 15 is 0 Å². The first-order chi connectivity index (χ1) is 12.9. The lowest BCUT2D eigenvalue weighted by molar-refractivity contribution is -0.149. The van der Waals surface area contributed by atoms with Crippen LogP contribution in [0, 0.1) is 5.92 Å². The van der Waals surface area contributed by atoms with Gasteiger partial charge in [-0.25, -0.2) is 8.42 Å². The van der Waals surface area contributed by atoms with E-state index in [1.807, 2.05) is 6.92 Å². The molecule has 1 atom stereocenters. The maximum atomic E-state index is 11.7. The second-order valence-corrected chi connectivity index (χ2v) is 8.47. The van der Waals surface area contributed by atoms with E-state index in [4.69, 9.17) is 14.2 Å². The molecule has 1 amide bonds. The highest BCUT2D eigenvalue weighted by Crippen LogP contribution is 2.21. The molecular formula is C18H25NO7S. The smallest absolute Gasteiger partial charge is 0.306 e. The van der Waals surface area contributed by atoms with Crippen LogP contribution in [0.5, 0.6) is 11.5 Å². The molecule has 1 fully saturated rings. The monoisotopic (exact) mass is 399 g/mol. The van der Waals surface area contributed by atoms with Crippen molar-refractivity contribution in [3.63, 3.8) is 0 Å². The summed E-state index contributed by atoms with van der Waals surface area (Å²) in [5, 5.41) is 2.58. The summed E-state index contributed by atoms with van der Waals surface area (Å²) in [6, 6.07) is 7.15. The molecule has 1 aromatic rings. The molecule has 9 heteroatoms. The number of nitrogens with one attached hydrogen (secondary N) is 1. The second-order valence-electron chi connectivity index (χ2n) is 6.24. The van der Waals surface area contributed by atoms with E-state index in [-0.39, 0.29) is 43.6 Å². The molecule has 8 nitrogen and oxygen atoms in total. The third-order valence-corrected chi connectivity index (χ3v) is 5.81. The van der Waals surface area contributed by atoms with Crippen LogP contribution in [0.1, 0.15) is 19.8 Å². The number of benzene rings is 1. The first-order valence-electron chi connectivity index (χ1n) is 8.86. The number of rotatable bonds is 10. The van der Waals surface area contributed by atoms with E-state index < -0.39 is 21.7 Å². The van der Waals surface area contributed by atoms with Gasteiger partial charge < -0.3 is 19.5 Å². The molecule has 1 saturated heterocycles. The minimum Gasteiger partial charge on any atom is -0.494 e. The van der Waals surface area contributed by atoms with Gasteiger partial charge in [0.25, 0.3) is 5.91 Å². The molecule has 2 rings (SSSR count). The zero-order chi connectivity index (χ0) is 19.7. The zero-order valence-electron chi connectivity index (χ0n) is 15.3. The van der Waals surface area contributed by atoms with Crippen LogP contribution in [0.4, 0.5) is 0 Å². The van der Waals surface area contributed by atoms with Gasteiger partial charge in [0.2, 0.25) is 0 Å². The number of carbonyl (C=O) groups excluding carboxylic acids is 2. The second kappa shape index (κ2) is 10.1. The fourth-order valence-electron chi connectivity index (χ4n) is 2.68. The van der Waals surface area contributed by atoms with Crippen LogP contribution in [-0.2, 0) is 24.2 Å². The topological polar surface area (TPSA) is 108 Å². The van der Waals surface area contributed by atoms with E-state index in [1.165, 1.54) is 0 Å². The predicted molar refractivity (Wildman–Crippen MR) is 98.5 cm³/mol. The zero-order valence-corrected chi connectivity index (χ0v) is 16.1. The largest absolute Gasteiger partial charge is 0.494 e. The Morgan fingerprint density at radius 1 is 1.15 bits per heavy atom. The van der Waals surface area contributed by atoms with Gasteiger partial charge in [0.1, 0.15) is 18.1 Å². The van der Waals surface area contributed by atoms with Crippen LogP contribution in [0.15, 0.2) is 24.3 Å². The van der Waals surface area contributed by atoms with Crippen molar-refractivity contribution >= 4 is 21.7 Å². The third-order valence-electron chi connectivity index (χ3n) is 3.97. The van der Waals surface area contributed by atoms with Crippen molar-refractivity contribution in [3.05, 3.63) is 24.3 Å². The molecule has 1 aromatic carbocycles. The number of hydrogen-bond donors (Lipinski definition) is 1. The number of carbonyl (C=O) groups is 2. The number of sulfone groups is 1. The molecule has 0 bridgehead atoms. The van der Waals surface area contributed by atoms with Crippen molar-refractivity contribution in [1.29, 1.82) is 0 Å². The van der Waals surface area contributed by atoms with E-state index in [1.54, 1.807) is 24.3 Å². The van der Waals surface area contributed by atoms with Crippen molar-refractivity contribution in [2.45, 2.75) is 19.8 Å². The molecule has 1 heterocycles. The lowest BCUT2D eigenvalue weighted by atomic mass is 10.1. The summed E-state index contributed by atoms with van der Waals surface area (Å²) in [6.07, 6.45) is 0.486. The number of amides is 1. The van der Waals surface area contributed by atoms with E-state index in [0.717, 1.165) is 5.75 Å². The van der Waals surface area contributed by atoms with Gasteiger partial charge in [0.05, 0.1) is 24.7 Å². The summed E-state index contributed by atoms with van der Waals surface area (Å²) in [6.45, 7) is 2.65. The van der Waals surface area contributed by atoms with Crippen molar-refractivity contribution in [2.24, 2.45) is 5.92 Å². The highest BCUT2D eigenvalue weighted by Gasteiger charge is 2.29. The van der Waals surface area contributed by atoms with Gasteiger partial charge in [-0.05, 0) is 43.5 Å². The lowest BCUT2D eigenvalue weighted by Crippen LogP contribution is -2.32. The Morgan fingerprint density at radius 3 is 2.41 bits per heavy atom. The summed E-state index contributed by atoms with van der Waals surface area (Å²) in [7, 11) is -3.02. The van der Waals surface area contributed by atoms with Crippen LogP contribution in [0.3, 0.4) is 0 Å². The maximum absolute atomic E-state index is 11.7.